The zero-order valence-electron chi connectivity index (χ0n) is 29.6. The number of amides is 3. The van der Waals surface area contributed by atoms with Gasteiger partial charge in [0.25, 0.3) is 5.91 Å². The van der Waals surface area contributed by atoms with E-state index >= 15 is 0 Å². The zero-order chi connectivity index (χ0) is 38.7. The first-order chi connectivity index (χ1) is 24.7. The van der Waals surface area contributed by atoms with Crippen molar-refractivity contribution < 1.29 is 49.4 Å². The SMILES string of the molecule is C=C[C@@H]1C[C@]1(NC(=O)[C@@H]1C[C@@H](Oc2nccc3ccccc23)CN1C(=O)[C@@H](Nc1cc(F)cc(C(F)(F)F)c1)C(C)(C)C)C(=O)NS(=O)(=O)C1(C)CC1.[HH].[HH].[HH]. The molecule has 0 unspecified atom stereocenters. The molecule has 2 aliphatic carbocycles. The molecule has 53 heavy (non-hydrogen) atoms. The molecule has 3 N–H and O–H groups in total. The molecule has 3 fully saturated rings. The Labute approximate surface area is 309 Å². The summed E-state index contributed by atoms with van der Waals surface area (Å²) < 4.78 is 88.4. The smallest absolute Gasteiger partial charge is 0.416 e. The molecule has 2 aromatic carbocycles. The van der Waals surface area contributed by atoms with E-state index < -0.39 is 85.1 Å². The Kier molecular flexibility index (Phi) is 9.53. The van der Waals surface area contributed by atoms with E-state index in [4.69, 9.17) is 4.74 Å². The van der Waals surface area contributed by atoms with Gasteiger partial charge in [-0.25, -0.2) is 17.8 Å². The van der Waals surface area contributed by atoms with Gasteiger partial charge in [0.2, 0.25) is 27.7 Å². The van der Waals surface area contributed by atoms with Crippen molar-refractivity contribution >= 4 is 44.2 Å². The summed E-state index contributed by atoms with van der Waals surface area (Å²) in [6.45, 7) is 10.1. The molecule has 3 aliphatic rings. The Morgan fingerprint density at radius 2 is 1.81 bits per heavy atom. The summed E-state index contributed by atoms with van der Waals surface area (Å²) in [4.78, 5) is 48.0. The highest BCUT2D eigenvalue weighted by Gasteiger charge is 2.63. The molecule has 2 saturated carbocycles. The average Bonchev–Trinajstić information content (AvgIpc) is 3.96. The minimum atomic E-state index is -4.86. The van der Waals surface area contributed by atoms with Crippen LogP contribution in [-0.2, 0) is 30.6 Å². The van der Waals surface area contributed by atoms with Crippen LogP contribution in [0.4, 0.5) is 23.2 Å². The molecule has 1 aromatic heterocycles. The summed E-state index contributed by atoms with van der Waals surface area (Å²) in [7, 11) is -4.06. The van der Waals surface area contributed by atoms with Crippen LogP contribution in [0.1, 0.15) is 63.2 Å². The van der Waals surface area contributed by atoms with Crippen LogP contribution in [0.3, 0.4) is 0 Å². The maximum atomic E-state index is 14.6. The van der Waals surface area contributed by atoms with Gasteiger partial charge < -0.3 is 20.3 Å². The number of aromatic nitrogens is 1. The Bertz CT molecular complexity index is 2090. The van der Waals surface area contributed by atoms with Gasteiger partial charge >= 0.3 is 6.18 Å². The molecular weight excluding hydrogens is 718 g/mol. The number of benzene rings is 2. The van der Waals surface area contributed by atoms with E-state index in [9.17, 15) is 40.4 Å². The number of sulfonamides is 1. The fourth-order valence-corrected chi connectivity index (χ4v) is 7.97. The lowest BCUT2D eigenvalue weighted by Crippen LogP contribution is -2.59. The standard InChI is InChI=1S/C37H41F4N5O6S.3H2/c1-6-22-19-36(22,33(49)45-53(50,51)35(5)12-13-35)44-30(47)28-18-26(52-31-27-10-8-7-9-21(27)11-14-42-31)20-46(28)32(48)29(34(2,3)4)43-25-16-23(37(39,40)41)15-24(38)17-25;;;/h6-11,14-17,22,26,28-29,43H,1,12-13,18-20H2,2-5H3,(H,44,47)(H,45,49);3*1H/t22-,26-,28+,29-,36-;;;/m1.../s1. The van der Waals surface area contributed by atoms with E-state index in [2.05, 4.69) is 26.9 Å². The predicted octanol–water partition coefficient (Wildman–Crippen LogP) is 6.07. The summed E-state index contributed by atoms with van der Waals surface area (Å²) in [6, 6.07) is 8.42. The van der Waals surface area contributed by atoms with Crippen molar-refractivity contribution in [3.63, 3.8) is 0 Å². The van der Waals surface area contributed by atoms with E-state index in [0.29, 0.717) is 30.4 Å². The number of nitrogens with zero attached hydrogens (tertiary/aromatic N) is 2. The summed E-state index contributed by atoms with van der Waals surface area (Å²) in [5.74, 6) is -3.93. The molecule has 1 aliphatic heterocycles. The first-order valence-corrected chi connectivity index (χ1v) is 18.6. The summed E-state index contributed by atoms with van der Waals surface area (Å²) in [5, 5.41) is 7.00. The van der Waals surface area contributed by atoms with Gasteiger partial charge in [-0.3, -0.25) is 19.1 Å². The molecule has 0 radical (unpaired) electrons. The third-order valence-electron chi connectivity index (χ3n) is 10.3. The Hall–Kier alpha value is -4.73. The molecule has 3 amide bonds. The molecule has 11 nitrogen and oxygen atoms in total. The second-order valence-corrected chi connectivity index (χ2v) is 17.6. The van der Waals surface area contributed by atoms with Crippen molar-refractivity contribution in [3.05, 3.63) is 78.8 Å². The maximum absolute atomic E-state index is 14.6. The van der Waals surface area contributed by atoms with Crippen LogP contribution >= 0.6 is 0 Å². The van der Waals surface area contributed by atoms with E-state index in [-0.39, 0.29) is 35.2 Å². The fraction of sp³-hybridized carbons (Fsp3) is 0.459. The quantitative estimate of drug-likeness (QED) is 0.158. The van der Waals surface area contributed by atoms with Crippen LogP contribution in [0.25, 0.3) is 10.8 Å². The maximum Gasteiger partial charge on any atom is 0.416 e. The first-order valence-electron chi connectivity index (χ1n) is 17.1. The van der Waals surface area contributed by atoms with Crippen LogP contribution in [0.5, 0.6) is 5.88 Å². The number of hydrogen-bond acceptors (Lipinski definition) is 8. The molecular formula is C37H47F4N5O6S. The predicted molar refractivity (Wildman–Crippen MR) is 195 cm³/mol. The van der Waals surface area contributed by atoms with Crippen molar-refractivity contribution in [1.29, 1.82) is 0 Å². The number of hydrogen-bond donors (Lipinski definition) is 3. The highest BCUT2D eigenvalue weighted by molar-refractivity contribution is 7.91. The topological polar surface area (TPSA) is 147 Å². The highest BCUT2D eigenvalue weighted by atomic mass is 32.2. The number of fused-ring (bicyclic) bond motifs is 1. The highest BCUT2D eigenvalue weighted by Crippen LogP contribution is 2.47. The van der Waals surface area contributed by atoms with Gasteiger partial charge in [-0.2, -0.15) is 13.2 Å². The normalized spacial score (nSPS) is 24.2. The largest absolute Gasteiger partial charge is 0.472 e. The van der Waals surface area contributed by atoms with E-state index in [0.717, 1.165) is 11.5 Å². The molecule has 2 heterocycles. The molecule has 0 bridgehead atoms. The second kappa shape index (κ2) is 13.3. The van der Waals surface area contributed by atoms with Gasteiger partial charge in [-0.15, -0.1) is 6.58 Å². The molecule has 0 spiro atoms. The minimum Gasteiger partial charge on any atom is -0.472 e. The zero-order valence-corrected chi connectivity index (χ0v) is 30.4. The first kappa shape index (κ1) is 38.0. The van der Waals surface area contributed by atoms with Crippen molar-refractivity contribution in [2.75, 3.05) is 11.9 Å². The van der Waals surface area contributed by atoms with Gasteiger partial charge in [0.1, 0.15) is 29.5 Å². The minimum absolute atomic E-state index is 0. The van der Waals surface area contributed by atoms with Gasteiger partial charge in [-0.05, 0) is 67.3 Å². The third-order valence-corrected chi connectivity index (χ3v) is 12.5. The number of halogens is 4. The average molecular weight is 766 g/mol. The molecule has 1 saturated heterocycles. The molecule has 3 aromatic rings. The number of rotatable bonds is 11. The van der Waals surface area contributed by atoms with Crippen molar-refractivity contribution in [2.24, 2.45) is 11.3 Å². The Balaban J connectivity index is 0.00000280. The van der Waals surface area contributed by atoms with Crippen LogP contribution in [0.15, 0.2) is 67.4 Å². The molecule has 6 rings (SSSR count). The van der Waals surface area contributed by atoms with E-state index in [1.165, 1.54) is 17.9 Å². The second-order valence-electron chi connectivity index (χ2n) is 15.4. The van der Waals surface area contributed by atoms with E-state index in [1.54, 1.807) is 45.2 Å². The van der Waals surface area contributed by atoms with Gasteiger partial charge in [-0.1, -0.05) is 45.0 Å². The molecule has 5 atom stereocenters. The van der Waals surface area contributed by atoms with E-state index in [1.807, 2.05) is 12.1 Å². The number of carbonyl (C=O) groups excluding carboxylic acids is 3. The number of alkyl halides is 3. The van der Waals surface area contributed by atoms with Crippen molar-refractivity contribution in [1.82, 2.24) is 19.9 Å². The molecule has 16 heteroatoms. The van der Waals surface area contributed by atoms with Gasteiger partial charge in [0.05, 0.1) is 16.9 Å². The monoisotopic (exact) mass is 765 g/mol. The lowest BCUT2D eigenvalue weighted by atomic mass is 9.85. The van der Waals surface area contributed by atoms with Crippen molar-refractivity contribution in [3.8, 4) is 5.88 Å². The van der Waals surface area contributed by atoms with Crippen LogP contribution in [-0.4, -0.2) is 71.0 Å². The number of ether oxygens (including phenoxy) is 1. The summed E-state index contributed by atoms with van der Waals surface area (Å²) in [5.41, 5.74) is -4.19. The number of likely N-dealkylation sites (tertiary alicyclic amines) is 1. The van der Waals surface area contributed by atoms with Crippen LogP contribution in [0, 0.1) is 17.2 Å². The number of pyridine rings is 1. The van der Waals surface area contributed by atoms with Gasteiger partial charge in [0.15, 0.2) is 0 Å². The lowest BCUT2D eigenvalue weighted by Gasteiger charge is -2.36. The molecule has 290 valence electrons. The Morgan fingerprint density at radius 1 is 1.11 bits per heavy atom. The Morgan fingerprint density at radius 3 is 2.43 bits per heavy atom. The number of carbonyl (C=O) groups is 3. The number of anilines is 1. The number of nitrogens with one attached hydrogen (secondary N) is 3. The third kappa shape index (κ3) is 7.55. The summed E-state index contributed by atoms with van der Waals surface area (Å²) >= 11 is 0. The van der Waals surface area contributed by atoms with Crippen LogP contribution < -0.4 is 20.1 Å². The fourth-order valence-electron chi connectivity index (χ4n) is 6.65. The van der Waals surface area contributed by atoms with Crippen molar-refractivity contribution in [2.45, 2.75) is 88.0 Å². The van der Waals surface area contributed by atoms with Crippen LogP contribution in [0.2, 0.25) is 0 Å². The van der Waals surface area contributed by atoms with Gasteiger partial charge in [0, 0.05) is 33.9 Å². The summed E-state index contributed by atoms with van der Waals surface area (Å²) in [6.07, 6.45) is -1.94. The lowest BCUT2D eigenvalue weighted by molar-refractivity contribution is -0.141.